The lowest BCUT2D eigenvalue weighted by Crippen LogP contribution is -2.23. The highest BCUT2D eigenvalue weighted by Gasteiger charge is 2.00. The topological polar surface area (TPSA) is 30.5 Å². The van der Waals surface area contributed by atoms with E-state index in [-0.39, 0.29) is 5.82 Å². The first-order valence-corrected chi connectivity index (χ1v) is 6.89. The van der Waals surface area contributed by atoms with E-state index in [1.54, 1.807) is 12.1 Å². The second kappa shape index (κ2) is 9.30. The normalized spacial score (nSPS) is 10.6. The maximum absolute atomic E-state index is 13.0. The van der Waals surface area contributed by atoms with Crippen molar-refractivity contribution in [1.82, 2.24) is 5.32 Å². The first kappa shape index (κ1) is 15.4. The third-order valence-electron chi connectivity index (χ3n) is 2.28. The number of benzene rings is 1. The molecule has 0 saturated heterocycles. The Morgan fingerprint density at radius 3 is 2.83 bits per heavy atom. The number of hydrogen-bond acceptors (Lipinski definition) is 3. The first-order chi connectivity index (χ1) is 8.74. The minimum absolute atomic E-state index is 0.281. The molecule has 0 aliphatic heterocycles. The fourth-order valence-electron chi connectivity index (χ4n) is 1.38. The van der Waals surface area contributed by atoms with Crippen LogP contribution in [-0.2, 0) is 4.74 Å². The van der Waals surface area contributed by atoms with Gasteiger partial charge < -0.3 is 14.8 Å². The van der Waals surface area contributed by atoms with Crippen LogP contribution in [0.15, 0.2) is 22.7 Å². The second-order valence-electron chi connectivity index (χ2n) is 3.72. The summed E-state index contributed by atoms with van der Waals surface area (Å²) in [7, 11) is 0. The van der Waals surface area contributed by atoms with Crippen LogP contribution in [0.5, 0.6) is 5.75 Å². The van der Waals surface area contributed by atoms with Crippen LogP contribution in [-0.4, -0.2) is 32.9 Å². The van der Waals surface area contributed by atoms with E-state index in [4.69, 9.17) is 9.47 Å². The molecule has 0 unspecified atom stereocenters. The van der Waals surface area contributed by atoms with Crippen LogP contribution < -0.4 is 10.1 Å². The molecule has 18 heavy (non-hydrogen) atoms. The van der Waals surface area contributed by atoms with Gasteiger partial charge in [0, 0.05) is 19.8 Å². The Hall–Kier alpha value is -0.650. The van der Waals surface area contributed by atoms with Gasteiger partial charge in [0.25, 0.3) is 0 Å². The maximum Gasteiger partial charge on any atom is 0.137 e. The average Bonchev–Trinajstić information content (AvgIpc) is 2.37. The van der Waals surface area contributed by atoms with Crippen molar-refractivity contribution in [3.8, 4) is 5.75 Å². The Morgan fingerprint density at radius 2 is 2.11 bits per heavy atom. The molecule has 5 heteroatoms. The quantitative estimate of drug-likeness (QED) is 0.710. The van der Waals surface area contributed by atoms with E-state index in [0.717, 1.165) is 32.7 Å². The lowest BCUT2D eigenvalue weighted by atomic mass is 10.3. The molecule has 0 saturated carbocycles. The molecule has 0 aliphatic carbocycles. The van der Waals surface area contributed by atoms with Gasteiger partial charge >= 0.3 is 0 Å². The third-order valence-corrected chi connectivity index (χ3v) is 2.89. The summed E-state index contributed by atoms with van der Waals surface area (Å²) >= 11 is 3.12. The first-order valence-electron chi connectivity index (χ1n) is 6.10. The molecule has 0 amide bonds. The Kier molecular flexibility index (Phi) is 7.96. The lowest BCUT2D eigenvalue weighted by Gasteiger charge is -2.08. The summed E-state index contributed by atoms with van der Waals surface area (Å²) in [5.74, 6) is 0.385. The van der Waals surface area contributed by atoms with Gasteiger partial charge in [-0.1, -0.05) is 0 Å². The molecule has 0 atom stereocenters. The van der Waals surface area contributed by atoms with E-state index in [2.05, 4.69) is 21.2 Å². The predicted molar refractivity (Wildman–Crippen MR) is 73.6 cm³/mol. The summed E-state index contributed by atoms with van der Waals surface area (Å²) in [6.07, 6.45) is 0.996. The largest absolute Gasteiger partial charge is 0.492 e. The average molecular weight is 320 g/mol. The highest BCUT2D eigenvalue weighted by atomic mass is 79.9. The van der Waals surface area contributed by atoms with Crippen molar-refractivity contribution < 1.29 is 13.9 Å². The van der Waals surface area contributed by atoms with Crippen LogP contribution in [0.1, 0.15) is 13.3 Å². The van der Waals surface area contributed by atoms with Crippen LogP contribution >= 0.6 is 15.9 Å². The molecule has 3 nitrogen and oxygen atoms in total. The molecule has 0 radical (unpaired) electrons. The number of nitrogens with one attached hydrogen (secondary N) is 1. The van der Waals surface area contributed by atoms with Gasteiger partial charge in [0.2, 0.25) is 0 Å². The van der Waals surface area contributed by atoms with Gasteiger partial charge in [-0.05, 0) is 54.0 Å². The van der Waals surface area contributed by atoms with Crippen molar-refractivity contribution in [3.05, 3.63) is 28.5 Å². The second-order valence-corrected chi connectivity index (χ2v) is 4.58. The van der Waals surface area contributed by atoms with E-state index < -0.39 is 0 Å². The molecule has 1 N–H and O–H groups in total. The van der Waals surface area contributed by atoms with Gasteiger partial charge in [0.05, 0.1) is 4.47 Å². The summed E-state index contributed by atoms with van der Waals surface area (Å²) in [4.78, 5) is 0. The molecule has 1 aromatic rings. The standard InChI is InChI=1S/C13H19BrFNO2/c1-2-17-8-3-6-16-7-9-18-11-4-5-13(15)12(14)10-11/h4-5,10,16H,2-3,6-9H2,1H3. The van der Waals surface area contributed by atoms with Crippen LogP contribution in [0.4, 0.5) is 4.39 Å². The van der Waals surface area contributed by atoms with E-state index in [1.165, 1.54) is 6.07 Å². The molecule has 0 spiro atoms. The zero-order valence-corrected chi connectivity index (χ0v) is 12.1. The zero-order chi connectivity index (χ0) is 13.2. The lowest BCUT2D eigenvalue weighted by molar-refractivity contribution is 0.144. The summed E-state index contributed by atoms with van der Waals surface area (Å²) in [5.41, 5.74) is 0. The number of ether oxygens (including phenoxy) is 2. The van der Waals surface area contributed by atoms with Crippen molar-refractivity contribution >= 4 is 15.9 Å². The van der Waals surface area contributed by atoms with Crippen LogP contribution in [0, 0.1) is 5.82 Å². The molecule has 0 aliphatic rings. The van der Waals surface area contributed by atoms with Gasteiger partial charge in [-0.3, -0.25) is 0 Å². The Morgan fingerprint density at radius 1 is 1.28 bits per heavy atom. The van der Waals surface area contributed by atoms with Crippen molar-refractivity contribution in [2.75, 3.05) is 32.9 Å². The molecule has 0 bridgehead atoms. The van der Waals surface area contributed by atoms with Crippen molar-refractivity contribution in [1.29, 1.82) is 0 Å². The molecule has 1 aromatic carbocycles. The minimum atomic E-state index is -0.281. The molecule has 102 valence electrons. The summed E-state index contributed by atoms with van der Waals surface area (Å²) < 4.78 is 24.1. The SMILES string of the molecule is CCOCCCNCCOc1ccc(F)c(Br)c1. The molecular formula is C13H19BrFNO2. The van der Waals surface area contributed by atoms with Gasteiger partial charge in [0.15, 0.2) is 0 Å². The fraction of sp³-hybridized carbons (Fsp3) is 0.538. The van der Waals surface area contributed by atoms with Crippen molar-refractivity contribution in [2.24, 2.45) is 0 Å². The minimum Gasteiger partial charge on any atom is -0.492 e. The van der Waals surface area contributed by atoms with Crippen LogP contribution in [0.3, 0.4) is 0 Å². The Bertz CT molecular complexity index is 350. The summed E-state index contributed by atoms with van der Waals surface area (Å²) in [6.45, 7) is 5.78. The number of hydrogen-bond donors (Lipinski definition) is 1. The van der Waals surface area contributed by atoms with Gasteiger partial charge in [-0.2, -0.15) is 0 Å². The van der Waals surface area contributed by atoms with E-state index in [1.807, 2.05) is 6.92 Å². The van der Waals surface area contributed by atoms with E-state index in [9.17, 15) is 4.39 Å². The number of rotatable bonds is 9. The Labute approximate surface area is 116 Å². The highest BCUT2D eigenvalue weighted by Crippen LogP contribution is 2.21. The third kappa shape index (κ3) is 6.33. The molecule has 1 rings (SSSR count). The highest BCUT2D eigenvalue weighted by molar-refractivity contribution is 9.10. The Balaban J connectivity index is 2.05. The fourth-order valence-corrected chi connectivity index (χ4v) is 1.73. The monoisotopic (exact) mass is 319 g/mol. The molecular weight excluding hydrogens is 301 g/mol. The maximum atomic E-state index is 13.0. The van der Waals surface area contributed by atoms with Crippen molar-refractivity contribution in [3.63, 3.8) is 0 Å². The smallest absolute Gasteiger partial charge is 0.137 e. The predicted octanol–water partition coefficient (Wildman–Crippen LogP) is 2.98. The summed E-state index contributed by atoms with van der Waals surface area (Å²) in [5, 5.41) is 3.25. The summed E-state index contributed by atoms with van der Waals surface area (Å²) in [6, 6.07) is 4.63. The van der Waals surface area contributed by atoms with Crippen molar-refractivity contribution in [2.45, 2.75) is 13.3 Å². The molecule has 0 fully saturated rings. The molecule has 0 heterocycles. The zero-order valence-electron chi connectivity index (χ0n) is 10.5. The van der Waals surface area contributed by atoms with Crippen LogP contribution in [0.25, 0.3) is 0 Å². The van der Waals surface area contributed by atoms with Gasteiger partial charge in [-0.25, -0.2) is 4.39 Å². The number of halogens is 2. The van der Waals surface area contributed by atoms with Crippen LogP contribution in [0.2, 0.25) is 0 Å². The van der Waals surface area contributed by atoms with E-state index >= 15 is 0 Å². The van der Waals surface area contributed by atoms with Gasteiger partial charge in [-0.15, -0.1) is 0 Å². The molecule has 0 aromatic heterocycles. The van der Waals surface area contributed by atoms with E-state index in [0.29, 0.717) is 16.8 Å². The van der Waals surface area contributed by atoms with Gasteiger partial charge in [0.1, 0.15) is 18.2 Å².